The molecule has 0 spiro atoms. The largest absolute Gasteiger partial charge is 0.756 e. The molecule has 0 rings (SSSR count). The SMILES string of the molecule is CC/C=C\C/C=C\C/C=C\C/C=C\C/C=C\CCCCCCCCCCCC(=O)NC(COP(=O)([O-])OCC[N+](C)(C)C)C(/C=C/CCCCCCCCCCC)OC(=O)CCCCCCCCCCCCCCCCCCCCCCCCCCCCC. The van der Waals surface area contributed by atoms with Gasteiger partial charge in [-0.25, -0.2) is 0 Å². The van der Waals surface area contributed by atoms with E-state index >= 15 is 0 Å². The third-order valence-electron chi connectivity index (χ3n) is 17.2. The van der Waals surface area contributed by atoms with Crippen molar-refractivity contribution in [2.24, 2.45) is 0 Å². The summed E-state index contributed by atoms with van der Waals surface area (Å²) in [6.45, 7) is 6.77. The zero-order chi connectivity index (χ0) is 64.9. The van der Waals surface area contributed by atoms with E-state index in [2.05, 4.69) is 86.8 Å². The lowest BCUT2D eigenvalue weighted by molar-refractivity contribution is -0.870. The van der Waals surface area contributed by atoms with E-state index in [1.807, 2.05) is 33.3 Å². The molecule has 0 radical (unpaired) electrons. The van der Waals surface area contributed by atoms with Gasteiger partial charge in [-0.3, -0.25) is 14.2 Å². The number of ether oxygens (including phenoxy) is 1. The predicted octanol–water partition coefficient (Wildman–Crippen LogP) is 24.1. The third-order valence-corrected chi connectivity index (χ3v) is 18.1. The second kappa shape index (κ2) is 68.3. The first-order valence-corrected chi connectivity index (χ1v) is 39.7. The summed E-state index contributed by atoms with van der Waals surface area (Å²) < 4.78 is 30.5. The summed E-state index contributed by atoms with van der Waals surface area (Å²) >= 11 is 0. The van der Waals surface area contributed by atoms with E-state index in [9.17, 15) is 19.0 Å². The van der Waals surface area contributed by atoms with Gasteiger partial charge >= 0.3 is 5.97 Å². The second-order valence-corrected chi connectivity index (χ2v) is 28.5. The van der Waals surface area contributed by atoms with Crippen molar-refractivity contribution in [1.82, 2.24) is 5.32 Å². The quantitative estimate of drug-likeness (QED) is 0.0212. The van der Waals surface area contributed by atoms with Crippen LogP contribution in [0.3, 0.4) is 0 Å². The van der Waals surface area contributed by atoms with E-state index < -0.39 is 20.0 Å². The number of allylic oxidation sites excluding steroid dienone is 11. The maximum Gasteiger partial charge on any atom is 0.306 e. The molecule has 0 aromatic heterocycles. The highest BCUT2D eigenvalue weighted by atomic mass is 31.2. The summed E-state index contributed by atoms with van der Waals surface area (Å²) in [7, 11) is 1.19. The first-order valence-electron chi connectivity index (χ1n) is 38.2. The first-order chi connectivity index (χ1) is 43.4. The van der Waals surface area contributed by atoms with E-state index in [0.717, 1.165) is 103 Å². The Morgan fingerprint density at radius 3 is 1.08 bits per heavy atom. The van der Waals surface area contributed by atoms with Crippen LogP contribution in [0.1, 0.15) is 367 Å². The molecule has 9 nitrogen and oxygen atoms in total. The van der Waals surface area contributed by atoms with Crippen molar-refractivity contribution in [3.05, 3.63) is 72.9 Å². The lowest BCUT2D eigenvalue weighted by Crippen LogP contribution is -2.47. The number of quaternary nitrogens is 1. The molecule has 0 saturated heterocycles. The zero-order valence-corrected chi connectivity index (χ0v) is 60.5. The maximum absolute atomic E-state index is 13.6. The summed E-state index contributed by atoms with van der Waals surface area (Å²) in [5.41, 5.74) is 0. The fourth-order valence-electron chi connectivity index (χ4n) is 11.3. The van der Waals surface area contributed by atoms with Gasteiger partial charge in [0, 0.05) is 12.8 Å². The predicted molar refractivity (Wildman–Crippen MR) is 385 cm³/mol. The van der Waals surface area contributed by atoms with Gasteiger partial charge in [0.2, 0.25) is 5.91 Å². The van der Waals surface area contributed by atoms with Crippen LogP contribution < -0.4 is 10.2 Å². The normalized spacial score (nSPS) is 13.8. The number of rotatable bonds is 70. The average molecular weight is 1270 g/mol. The molecule has 0 aromatic rings. The molecule has 0 bridgehead atoms. The van der Waals surface area contributed by atoms with Crippen LogP contribution >= 0.6 is 7.82 Å². The molecule has 0 aliphatic heterocycles. The minimum Gasteiger partial charge on any atom is -0.756 e. The number of phosphoric acid groups is 1. The summed E-state index contributed by atoms with van der Waals surface area (Å²) in [5, 5.41) is 3.05. The van der Waals surface area contributed by atoms with Crippen molar-refractivity contribution >= 4 is 19.7 Å². The van der Waals surface area contributed by atoms with E-state index in [0.29, 0.717) is 17.4 Å². The number of carbonyl (C=O) groups excluding carboxylic acids is 2. The molecule has 3 atom stereocenters. The van der Waals surface area contributed by atoms with E-state index in [-0.39, 0.29) is 31.5 Å². The van der Waals surface area contributed by atoms with E-state index in [1.54, 1.807) is 0 Å². The van der Waals surface area contributed by atoms with Gasteiger partial charge in [-0.15, -0.1) is 0 Å². The van der Waals surface area contributed by atoms with Gasteiger partial charge < -0.3 is 28.5 Å². The molecular weight excluding hydrogens is 1120 g/mol. The number of nitrogens with zero attached hydrogens (tertiary/aromatic N) is 1. The number of likely N-dealkylation sites (N-methyl/N-ethyl adjacent to an activating group) is 1. The Labute approximate surface area is 553 Å². The molecule has 520 valence electrons. The van der Waals surface area contributed by atoms with Crippen LogP contribution in [-0.4, -0.2) is 69.4 Å². The molecule has 0 fully saturated rings. The van der Waals surface area contributed by atoms with Gasteiger partial charge in [0.25, 0.3) is 7.82 Å². The molecule has 0 aromatic carbocycles. The molecule has 1 amide bonds. The van der Waals surface area contributed by atoms with Gasteiger partial charge in [0.05, 0.1) is 33.8 Å². The van der Waals surface area contributed by atoms with Gasteiger partial charge in [0.1, 0.15) is 19.3 Å². The van der Waals surface area contributed by atoms with Crippen molar-refractivity contribution < 1.29 is 37.3 Å². The van der Waals surface area contributed by atoms with Crippen LogP contribution in [0.5, 0.6) is 0 Å². The Balaban J connectivity index is 4.92. The Kier molecular flexibility index (Phi) is 66.4. The highest BCUT2D eigenvalue weighted by Crippen LogP contribution is 2.38. The number of unbranched alkanes of at least 4 members (excludes halogenated alkanes) is 44. The minimum atomic E-state index is -4.71. The fourth-order valence-corrected chi connectivity index (χ4v) is 12.0. The molecule has 89 heavy (non-hydrogen) atoms. The Bertz CT molecular complexity index is 1750. The van der Waals surface area contributed by atoms with Gasteiger partial charge in [-0.1, -0.05) is 351 Å². The standard InChI is InChI=1S/C79H147N2O7P/c1-7-10-13-16-19-22-25-27-29-31-33-35-37-39-40-42-44-46-48-50-52-54-57-60-63-66-69-72-79(83)88-77(70-67-64-61-58-55-24-21-18-15-12-9-3)76(75-87-89(84,85)86-74-73-81(4,5)6)80-78(82)71-68-65-62-59-56-53-51-49-47-45-43-41-38-36-34-32-30-28-26-23-20-17-14-11-8-2/h11,14,20,23,28,30,34,36,41,43,67,70,76-77H,7-10,12-13,15-19,21-22,24-27,29,31-33,35,37-40,42,44-66,68-69,71-75H2,1-6H3,(H-,80,82,84,85)/b14-11-,23-20-,30-28-,36-34-,43-41-,70-67+. The number of phosphoric ester groups is 1. The third kappa shape index (κ3) is 69.6. The summed E-state index contributed by atoms with van der Waals surface area (Å²) in [6, 6.07) is -0.894. The molecule has 0 heterocycles. The van der Waals surface area contributed by atoms with Crippen molar-refractivity contribution in [2.45, 2.75) is 380 Å². The summed E-state index contributed by atoms with van der Waals surface area (Å²) in [4.78, 5) is 40.2. The van der Waals surface area contributed by atoms with Crippen molar-refractivity contribution in [1.29, 1.82) is 0 Å². The molecule has 10 heteroatoms. The molecule has 0 saturated carbocycles. The van der Waals surface area contributed by atoms with Crippen LogP contribution in [0.2, 0.25) is 0 Å². The highest BCUT2D eigenvalue weighted by Gasteiger charge is 2.27. The van der Waals surface area contributed by atoms with Crippen molar-refractivity contribution in [3.63, 3.8) is 0 Å². The molecule has 1 N–H and O–H groups in total. The lowest BCUT2D eigenvalue weighted by Gasteiger charge is -2.30. The molecule has 0 aliphatic rings. The minimum absolute atomic E-state index is 0.0240. The van der Waals surface area contributed by atoms with Gasteiger partial charge in [-0.2, -0.15) is 0 Å². The van der Waals surface area contributed by atoms with Crippen LogP contribution in [0.4, 0.5) is 0 Å². The molecular formula is C79H147N2O7P. The number of amides is 1. The van der Waals surface area contributed by atoms with E-state index in [4.69, 9.17) is 13.8 Å². The Hall–Kier alpha value is -2.55. The Morgan fingerprint density at radius 2 is 0.719 bits per heavy atom. The van der Waals surface area contributed by atoms with Crippen molar-refractivity contribution in [3.8, 4) is 0 Å². The number of carbonyl (C=O) groups is 2. The van der Waals surface area contributed by atoms with Crippen LogP contribution in [-0.2, 0) is 27.9 Å². The average Bonchev–Trinajstić information content (AvgIpc) is 3.62. The number of hydrogen-bond acceptors (Lipinski definition) is 7. The smallest absolute Gasteiger partial charge is 0.306 e. The monoisotopic (exact) mass is 1270 g/mol. The Morgan fingerprint density at radius 1 is 0.404 bits per heavy atom. The number of nitrogens with one attached hydrogen (secondary N) is 1. The lowest BCUT2D eigenvalue weighted by atomic mass is 10.0. The van der Waals surface area contributed by atoms with Gasteiger partial charge in [-0.05, 0) is 76.7 Å². The van der Waals surface area contributed by atoms with Gasteiger partial charge in [0.15, 0.2) is 0 Å². The van der Waals surface area contributed by atoms with Crippen LogP contribution in [0.25, 0.3) is 0 Å². The number of hydrogen-bond donors (Lipinski definition) is 1. The van der Waals surface area contributed by atoms with E-state index in [1.165, 1.54) is 231 Å². The fraction of sp³-hybridized carbons (Fsp3) is 0.823. The second-order valence-electron chi connectivity index (χ2n) is 27.1. The summed E-state index contributed by atoms with van der Waals surface area (Å²) in [6.07, 6.45) is 90.5. The van der Waals surface area contributed by atoms with Crippen LogP contribution in [0.15, 0.2) is 72.9 Å². The first kappa shape index (κ1) is 86.5. The topological polar surface area (TPSA) is 114 Å². The van der Waals surface area contributed by atoms with Crippen LogP contribution in [0, 0.1) is 0 Å². The molecule has 3 unspecified atom stereocenters. The maximum atomic E-state index is 13.6. The highest BCUT2D eigenvalue weighted by molar-refractivity contribution is 7.45. The summed E-state index contributed by atoms with van der Waals surface area (Å²) in [5.74, 6) is -0.534. The van der Waals surface area contributed by atoms with Crippen molar-refractivity contribution in [2.75, 3.05) is 40.9 Å². The number of esters is 1. The zero-order valence-electron chi connectivity index (χ0n) is 59.6. The molecule has 0 aliphatic carbocycles.